The summed E-state index contributed by atoms with van der Waals surface area (Å²) in [6.07, 6.45) is -1.55. The molecule has 0 spiro atoms. The van der Waals surface area contributed by atoms with E-state index in [4.69, 9.17) is 24.2 Å². The molecule has 0 saturated carbocycles. The molecule has 1 fully saturated rings. The van der Waals surface area contributed by atoms with Crippen molar-refractivity contribution in [2.45, 2.75) is 54.9 Å². The van der Waals surface area contributed by atoms with E-state index in [1.54, 1.807) is 11.8 Å². The van der Waals surface area contributed by atoms with E-state index in [0.29, 0.717) is 13.2 Å². The number of benzene rings is 3. The predicted octanol–water partition coefficient (Wildman–Crippen LogP) is 5.46. The standard InChI is InChI=1S/C26H28BNO4S/c1-19-23(29-17-20-11-5-2-6-12-20)24(32-27-28)25(30-18-21-13-7-3-8-14-21)26(31-19)33-22-15-9-4-10-16-22/h2-16,19,23-26,28H,17-18H2,1H3/t19?,23?,24-,25?,26+/m0/s1. The molecule has 1 aliphatic heterocycles. The average Bonchev–Trinajstić information content (AvgIpc) is 2.85. The van der Waals surface area contributed by atoms with Gasteiger partial charge in [0.2, 0.25) is 0 Å². The molecular weight excluding hydrogens is 433 g/mol. The van der Waals surface area contributed by atoms with Gasteiger partial charge in [-0.25, -0.2) is 0 Å². The van der Waals surface area contributed by atoms with Gasteiger partial charge >= 0.3 is 200 Å². The molecule has 7 heteroatoms. The zero-order valence-corrected chi connectivity index (χ0v) is 19.4. The fraction of sp³-hybridized carbons (Fsp3) is 0.308. The van der Waals surface area contributed by atoms with Crippen molar-refractivity contribution in [3.05, 3.63) is 102 Å². The van der Waals surface area contributed by atoms with E-state index in [9.17, 15) is 0 Å². The summed E-state index contributed by atoms with van der Waals surface area (Å²) in [4.78, 5) is 1.08. The van der Waals surface area contributed by atoms with Gasteiger partial charge in [-0.15, -0.1) is 0 Å². The summed E-state index contributed by atoms with van der Waals surface area (Å²) in [7, 11) is 0.977. The van der Waals surface area contributed by atoms with E-state index >= 15 is 0 Å². The van der Waals surface area contributed by atoms with Crippen molar-refractivity contribution in [1.29, 1.82) is 5.31 Å². The van der Waals surface area contributed by atoms with Gasteiger partial charge < -0.3 is 0 Å². The molecule has 170 valence electrons. The first-order valence-corrected chi connectivity index (χ1v) is 11.9. The van der Waals surface area contributed by atoms with Crippen molar-refractivity contribution < 1.29 is 18.9 Å². The molecule has 0 bridgehead atoms. The van der Waals surface area contributed by atoms with Gasteiger partial charge in [0.15, 0.2) is 0 Å². The van der Waals surface area contributed by atoms with Gasteiger partial charge in [-0.3, -0.25) is 0 Å². The Morgan fingerprint density at radius 2 is 1.27 bits per heavy atom. The molecule has 3 unspecified atom stereocenters. The monoisotopic (exact) mass is 461 g/mol. The van der Waals surface area contributed by atoms with Crippen molar-refractivity contribution in [2.75, 3.05) is 0 Å². The van der Waals surface area contributed by atoms with Gasteiger partial charge in [0.1, 0.15) is 0 Å². The maximum atomic E-state index is 7.66. The number of hydrogen-bond donors (Lipinski definition) is 1. The van der Waals surface area contributed by atoms with Crippen molar-refractivity contribution in [2.24, 2.45) is 0 Å². The predicted molar refractivity (Wildman–Crippen MR) is 130 cm³/mol. The molecule has 1 aliphatic rings. The normalized spacial score (nSPS) is 24.7. The summed E-state index contributed by atoms with van der Waals surface area (Å²) >= 11 is 1.60. The van der Waals surface area contributed by atoms with Crippen LogP contribution in [0.1, 0.15) is 18.1 Å². The van der Waals surface area contributed by atoms with Crippen LogP contribution in [0.5, 0.6) is 0 Å². The molecule has 1 N–H and O–H groups in total. The molecule has 0 radical (unpaired) electrons. The summed E-state index contributed by atoms with van der Waals surface area (Å²) in [6.45, 7) is 2.83. The van der Waals surface area contributed by atoms with Crippen LogP contribution in [-0.2, 0) is 32.1 Å². The van der Waals surface area contributed by atoms with Crippen LogP contribution in [0.15, 0.2) is 95.9 Å². The van der Waals surface area contributed by atoms with Crippen LogP contribution in [0.3, 0.4) is 0 Å². The topological polar surface area (TPSA) is 60.8 Å². The van der Waals surface area contributed by atoms with Crippen molar-refractivity contribution in [1.82, 2.24) is 0 Å². The minimum absolute atomic E-state index is 0.239. The summed E-state index contributed by atoms with van der Waals surface area (Å²) in [5.74, 6) is 0. The Balaban J connectivity index is 1.55. The molecule has 0 aliphatic carbocycles. The number of hydrogen-bond acceptors (Lipinski definition) is 6. The van der Waals surface area contributed by atoms with Crippen LogP contribution in [-0.4, -0.2) is 37.1 Å². The molecule has 5 nitrogen and oxygen atoms in total. The van der Waals surface area contributed by atoms with Gasteiger partial charge in [0, 0.05) is 0 Å². The Kier molecular flexibility index (Phi) is 8.72. The van der Waals surface area contributed by atoms with Crippen molar-refractivity contribution >= 4 is 19.0 Å². The van der Waals surface area contributed by atoms with Gasteiger partial charge in [-0.1, -0.05) is 0 Å². The first kappa shape index (κ1) is 23.7. The van der Waals surface area contributed by atoms with Crippen LogP contribution in [0.25, 0.3) is 0 Å². The molecule has 5 atom stereocenters. The third-order valence-electron chi connectivity index (χ3n) is 5.52. The van der Waals surface area contributed by atoms with Crippen LogP contribution >= 0.6 is 11.8 Å². The minimum atomic E-state index is -0.486. The van der Waals surface area contributed by atoms with Crippen LogP contribution < -0.4 is 0 Å². The van der Waals surface area contributed by atoms with Crippen molar-refractivity contribution in [3.63, 3.8) is 0 Å². The molecule has 0 amide bonds. The Hall–Kier alpha value is -2.45. The number of rotatable bonds is 10. The Morgan fingerprint density at radius 3 is 1.82 bits per heavy atom. The molecule has 1 heterocycles. The molecule has 1 saturated heterocycles. The third-order valence-corrected chi connectivity index (χ3v) is 6.67. The zero-order valence-electron chi connectivity index (χ0n) is 18.6. The fourth-order valence-electron chi connectivity index (χ4n) is 3.87. The summed E-state index contributed by atoms with van der Waals surface area (Å²) in [5, 5.41) is 7.66. The average molecular weight is 461 g/mol. The summed E-state index contributed by atoms with van der Waals surface area (Å²) in [5.41, 5.74) is 1.82. The van der Waals surface area contributed by atoms with E-state index in [2.05, 4.69) is 12.1 Å². The van der Waals surface area contributed by atoms with Crippen LogP contribution in [0.2, 0.25) is 0 Å². The van der Waals surface area contributed by atoms with Gasteiger partial charge in [0.25, 0.3) is 0 Å². The Labute approximate surface area is 200 Å². The second kappa shape index (κ2) is 12.1. The Bertz CT molecular complexity index is 979. The van der Waals surface area contributed by atoms with Gasteiger partial charge in [-0.2, -0.15) is 0 Å². The van der Waals surface area contributed by atoms with Gasteiger partial charge in [-0.05, 0) is 0 Å². The zero-order chi connectivity index (χ0) is 22.9. The van der Waals surface area contributed by atoms with E-state index in [0.717, 1.165) is 23.3 Å². The third kappa shape index (κ3) is 6.54. The van der Waals surface area contributed by atoms with Gasteiger partial charge in [0.05, 0.1) is 0 Å². The SMILES string of the molecule is CC1O[C@H](Sc2ccccc2)C(OCc2ccccc2)[C@@H](OB=N)C1OCc1ccccc1. The first-order valence-electron chi connectivity index (χ1n) is 11.1. The number of ether oxygens (including phenoxy) is 3. The quantitative estimate of drug-likeness (QED) is 0.407. The molecule has 3 aromatic rings. The molecular formula is C26H28BNO4S. The van der Waals surface area contributed by atoms with Crippen LogP contribution in [0, 0.1) is 5.31 Å². The second-order valence-corrected chi connectivity index (χ2v) is 9.05. The van der Waals surface area contributed by atoms with E-state index < -0.39 is 12.2 Å². The van der Waals surface area contributed by atoms with Crippen molar-refractivity contribution in [3.8, 4) is 0 Å². The molecule has 33 heavy (non-hydrogen) atoms. The fourth-order valence-corrected chi connectivity index (χ4v) is 5.05. The first-order chi connectivity index (χ1) is 16.2. The summed E-state index contributed by atoms with van der Waals surface area (Å²) < 4.78 is 24.9. The van der Waals surface area contributed by atoms with E-state index in [1.165, 1.54) is 0 Å². The van der Waals surface area contributed by atoms with E-state index in [-0.39, 0.29) is 17.6 Å². The van der Waals surface area contributed by atoms with E-state index in [1.807, 2.05) is 85.8 Å². The van der Waals surface area contributed by atoms with Crippen LogP contribution in [0.4, 0.5) is 0 Å². The number of thioether (sulfide) groups is 1. The molecule has 4 rings (SSSR count). The maximum absolute atomic E-state index is 7.66. The molecule has 0 aromatic heterocycles. The second-order valence-electron chi connectivity index (χ2n) is 7.88. The summed E-state index contributed by atoms with van der Waals surface area (Å²) in [6, 6.07) is 30.1. The Morgan fingerprint density at radius 1 is 0.758 bits per heavy atom. The molecule has 3 aromatic carbocycles. The number of nitrogens with one attached hydrogen (secondary N) is 1.